The average molecular weight is 307 g/mol. The van der Waals surface area contributed by atoms with Crippen LogP contribution in [0.3, 0.4) is 0 Å². The summed E-state index contributed by atoms with van der Waals surface area (Å²) in [5.41, 5.74) is 0.671. The highest BCUT2D eigenvalue weighted by molar-refractivity contribution is 5.34. The molecule has 0 radical (unpaired) electrons. The molecule has 0 aliphatic heterocycles. The minimum Gasteiger partial charge on any atom is -0.481 e. The van der Waals surface area contributed by atoms with E-state index in [9.17, 15) is 15.3 Å². The fraction of sp³-hybridized carbons (Fsp3) is 0.400. The number of hydrogen-bond acceptors (Lipinski definition) is 6. The van der Waals surface area contributed by atoms with E-state index >= 15 is 0 Å². The van der Waals surface area contributed by atoms with Gasteiger partial charge in [-0.15, -0.1) is 0 Å². The van der Waals surface area contributed by atoms with Crippen molar-refractivity contribution in [2.45, 2.75) is 12.1 Å². The van der Waals surface area contributed by atoms with E-state index in [2.05, 4.69) is 10.3 Å². The van der Waals surface area contributed by atoms with E-state index in [0.717, 1.165) is 11.4 Å². The number of aliphatic hydroxyl groups excluding tert-OH is 3. The largest absolute Gasteiger partial charge is 0.481 e. The van der Waals surface area contributed by atoms with Gasteiger partial charge < -0.3 is 24.6 Å². The minimum atomic E-state index is -1.10. The van der Waals surface area contributed by atoms with E-state index in [1.54, 1.807) is 19.4 Å². The summed E-state index contributed by atoms with van der Waals surface area (Å²) in [4.78, 5) is 4.17. The van der Waals surface area contributed by atoms with Crippen molar-refractivity contribution in [3.8, 4) is 11.6 Å². The van der Waals surface area contributed by atoms with Gasteiger partial charge in [0.05, 0.1) is 44.4 Å². The number of rotatable bonds is 8. The second-order valence-electron chi connectivity index (χ2n) is 5.04. The highest BCUT2D eigenvalue weighted by Gasteiger charge is 2.27. The van der Waals surface area contributed by atoms with E-state index in [1.807, 2.05) is 29.0 Å². The van der Waals surface area contributed by atoms with Crippen LogP contribution in [0, 0.1) is 0 Å². The van der Waals surface area contributed by atoms with Gasteiger partial charge in [0, 0.05) is 24.5 Å². The first-order valence-electron chi connectivity index (χ1n) is 6.92. The van der Waals surface area contributed by atoms with E-state index in [-0.39, 0.29) is 19.8 Å². The second kappa shape index (κ2) is 7.37. The SMILES string of the molecule is COc1ccc(-n2cccc2CNC(CO)(CO)CO)cn1. The zero-order valence-corrected chi connectivity index (χ0v) is 12.4. The zero-order chi connectivity index (χ0) is 16.0. The van der Waals surface area contributed by atoms with Crippen LogP contribution < -0.4 is 10.1 Å². The van der Waals surface area contributed by atoms with Crippen molar-refractivity contribution in [1.29, 1.82) is 0 Å². The maximum atomic E-state index is 9.34. The molecule has 2 aromatic rings. The molecule has 2 rings (SSSR count). The monoisotopic (exact) mass is 307 g/mol. The molecule has 120 valence electrons. The fourth-order valence-corrected chi connectivity index (χ4v) is 2.04. The Balaban J connectivity index is 2.15. The molecule has 0 aliphatic carbocycles. The predicted octanol–water partition coefficient (Wildman–Crippen LogP) is -0.314. The highest BCUT2D eigenvalue weighted by atomic mass is 16.5. The summed E-state index contributed by atoms with van der Waals surface area (Å²) in [7, 11) is 1.56. The zero-order valence-electron chi connectivity index (χ0n) is 12.4. The maximum absolute atomic E-state index is 9.34. The number of aliphatic hydroxyl groups is 3. The van der Waals surface area contributed by atoms with Crippen molar-refractivity contribution < 1.29 is 20.1 Å². The van der Waals surface area contributed by atoms with E-state index < -0.39 is 5.54 Å². The third-order valence-corrected chi connectivity index (χ3v) is 3.59. The first kappa shape index (κ1) is 16.4. The Morgan fingerprint density at radius 2 is 1.91 bits per heavy atom. The molecular weight excluding hydrogens is 286 g/mol. The van der Waals surface area contributed by atoms with Crippen molar-refractivity contribution in [3.63, 3.8) is 0 Å². The molecule has 0 unspecified atom stereocenters. The van der Waals surface area contributed by atoms with Gasteiger partial charge in [0.15, 0.2) is 0 Å². The number of aromatic nitrogens is 2. The Bertz CT molecular complexity index is 570. The van der Waals surface area contributed by atoms with Crippen LogP contribution >= 0.6 is 0 Å². The lowest BCUT2D eigenvalue weighted by molar-refractivity contribution is 0.0411. The summed E-state index contributed by atoms with van der Waals surface area (Å²) in [6.07, 6.45) is 3.58. The average Bonchev–Trinajstić information content (AvgIpc) is 3.05. The Morgan fingerprint density at radius 3 is 2.45 bits per heavy atom. The Labute approximate surface area is 128 Å². The predicted molar refractivity (Wildman–Crippen MR) is 80.9 cm³/mol. The smallest absolute Gasteiger partial charge is 0.213 e. The van der Waals surface area contributed by atoms with Gasteiger partial charge in [-0.2, -0.15) is 0 Å². The fourth-order valence-electron chi connectivity index (χ4n) is 2.04. The molecule has 0 saturated carbocycles. The molecule has 22 heavy (non-hydrogen) atoms. The number of pyridine rings is 1. The van der Waals surface area contributed by atoms with E-state index in [4.69, 9.17) is 4.74 Å². The molecule has 7 heteroatoms. The molecule has 2 aromatic heterocycles. The van der Waals surface area contributed by atoms with Crippen molar-refractivity contribution in [3.05, 3.63) is 42.4 Å². The normalized spacial score (nSPS) is 11.6. The molecule has 4 N–H and O–H groups in total. The lowest BCUT2D eigenvalue weighted by Crippen LogP contribution is -2.54. The maximum Gasteiger partial charge on any atom is 0.213 e. The van der Waals surface area contributed by atoms with Crippen molar-refractivity contribution in [1.82, 2.24) is 14.9 Å². The van der Waals surface area contributed by atoms with E-state index in [1.165, 1.54) is 0 Å². The van der Waals surface area contributed by atoms with E-state index in [0.29, 0.717) is 12.4 Å². The first-order chi connectivity index (χ1) is 10.7. The topological polar surface area (TPSA) is 99.8 Å². The third kappa shape index (κ3) is 3.45. The molecule has 0 saturated heterocycles. The van der Waals surface area contributed by atoms with Crippen molar-refractivity contribution in [2.24, 2.45) is 0 Å². The molecular formula is C15H21N3O4. The number of nitrogens with zero attached hydrogens (tertiary/aromatic N) is 2. The van der Waals surface area contributed by atoms with Gasteiger partial charge in [-0.25, -0.2) is 4.98 Å². The second-order valence-corrected chi connectivity index (χ2v) is 5.04. The summed E-state index contributed by atoms with van der Waals surface area (Å²) in [6.45, 7) is -0.693. The van der Waals surface area contributed by atoms with Gasteiger partial charge in [-0.1, -0.05) is 0 Å². The quantitative estimate of drug-likeness (QED) is 0.534. The summed E-state index contributed by atoms with van der Waals surface area (Å²) in [6, 6.07) is 7.45. The molecule has 0 atom stereocenters. The molecule has 0 amide bonds. The number of ether oxygens (including phenoxy) is 1. The molecule has 0 aromatic carbocycles. The molecule has 0 bridgehead atoms. The van der Waals surface area contributed by atoms with Crippen LogP contribution in [-0.4, -0.2) is 57.3 Å². The molecule has 2 heterocycles. The molecule has 0 fully saturated rings. The van der Waals surface area contributed by atoms with Crippen LogP contribution in [0.15, 0.2) is 36.7 Å². The lowest BCUT2D eigenvalue weighted by Gasteiger charge is -2.29. The van der Waals surface area contributed by atoms with Gasteiger partial charge in [-0.3, -0.25) is 5.32 Å². The highest BCUT2D eigenvalue weighted by Crippen LogP contribution is 2.15. The van der Waals surface area contributed by atoms with Gasteiger partial charge in [-0.05, 0) is 18.2 Å². The lowest BCUT2D eigenvalue weighted by atomic mass is 10.0. The van der Waals surface area contributed by atoms with Gasteiger partial charge in [0.25, 0.3) is 0 Å². The van der Waals surface area contributed by atoms with Gasteiger partial charge in [0.2, 0.25) is 5.88 Å². The standard InChI is InChI=1S/C15H21N3O4/c1-22-14-5-4-13(7-16-14)18-6-2-3-12(18)8-17-15(9-19,10-20)11-21/h2-7,17,19-21H,8-11H2,1H3. The van der Waals surface area contributed by atoms with Crippen LogP contribution in [0.1, 0.15) is 5.69 Å². The van der Waals surface area contributed by atoms with Crippen molar-refractivity contribution in [2.75, 3.05) is 26.9 Å². The first-order valence-corrected chi connectivity index (χ1v) is 6.92. The Hall–Kier alpha value is -1.93. The molecule has 7 nitrogen and oxygen atoms in total. The van der Waals surface area contributed by atoms with Gasteiger partial charge >= 0.3 is 0 Å². The van der Waals surface area contributed by atoms with Gasteiger partial charge in [0.1, 0.15) is 0 Å². The summed E-state index contributed by atoms with van der Waals surface area (Å²) in [5.74, 6) is 0.537. The van der Waals surface area contributed by atoms with Crippen LogP contribution in [0.2, 0.25) is 0 Å². The van der Waals surface area contributed by atoms with Crippen molar-refractivity contribution >= 4 is 0 Å². The Kier molecular flexibility index (Phi) is 5.51. The summed E-state index contributed by atoms with van der Waals surface area (Å²) < 4.78 is 6.96. The Morgan fingerprint density at radius 1 is 1.18 bits per heavy atom. The number of hydrogen-bond donors (Lipinski definition) is 4. The third-order valence-electron chi connectivity index (χ3n) is 3.59. The minimum absolute atomic E-state index is 0.356. The number of nitrogens with one attached hydrogen (secondary N) is 1. The van der Waals surface area contributed by atoms with Crippen LogP contribution in [-0.2, 0) is 6.54 Å². The molecule has 0 aliphatic rings. The summed E-state index contributed by atoms with van der Waals surface area (Å²) >= 11 is 0. The van der Waals surface area contributed by atoms with Crippen LogP contribution in [0.5, 0.6) is 5.88 Å². The number of methoxy groups -OCH3 is 1. The van der Waals surface area contributed by atoms with Crippen LogP contribution in [0.4, 0.5) is 0 Å². The summed E-state index contributed by atoms with van der Waals surface area (Å²) in [5, 5.41) is 31.0. The molecule has 0 spiro atoms. The van der Waals surface area contributed by atoms with Crippen LogP contribution in [0.25, 0.3) is 5.69 Å².